The summed E-state index contributed by atoms with van der Waals surface area (Å²) in [5.74, 6) is 0. The van der Waals surface area contributed by atoms with Gasteiger partial charge in [0.05, 0.1) is 0 Å². The molecular formula is C48H26. The summed E-state index contributed by atoms with van der Waals surface area (Å²) in [6.45, 7) is 0. The lowest BCUT2D eigenvalue weighted by atomic mass is 9.83. The predicted molar refractivity (Wildman–Crippen MR) is 208 cm³/mol. The third-order valence-corrected chi connectivity index (χ3v) is 11.3. The van der Waals surface area contributed by atoms with E-state index < -0.39 is 0 Å². The summed E-state index contributed by atoms with van der Waals surface area (Å²) in [7, 11) is 0. The first-order valence-corrected chi connectivity index (χ1v) is 16.8. The molecule has 12 rings (SSSR count). The highest BCUT2D eigenvalue weighted by atomic mass is 14.2. The SMILES string of the molecule is c1cc2ccc3ccc(-c4cc5c(-c6ccc7ccc8cccc9ccc6c7c89)ccc6ccc7cccc4c7c65)c4ccc(c1)c2c34. The van der Waals surface area contributed by atoms with E-state index in [9.17, 15) is 0 Å². The molecule has 0 aliphatic carbocycles. The third kappa shape index (κ3) is 3.06. The molecule has 0 saturated carbocycles. The van der Waals surface area contributed by atoms with Crippen molar-refractivity contribution in [2.24, 2.45) is 0 Å². The highest BCUT2D eigenvalue weighted by Gasteiger charge is 2.20. The Hall–Kier alpha value is -6.24. The number of hydrogen-bond donors (Lipinski definition) is 0. The Kier molecular flexibility index (Phi) is 4.55. The van der Waals surface area contributed by atoms with Gasteiger partial charge in [0, 0.05) is 0 Å². The molecule has 0 atom stereocenters. The van der Waals surface area contributed by atoms with Gasteiger partial charge in [0.2, 0.25) is 0 Å². The molecule has 12 aromatic carbocycles. The summed E-state index contributed by atoms with van der Waals surface area (Å²) in [5.41, 5.74) is 5.17. The van der Waals surface area contributed by atoms with Crippen LogP contribution in [0.2, 0.25) is 0 Å². The number of hydrogen-bond acceptors (Lipinski definition) is 0. The van der Waals surface area contributed by atoms with Crippen LogP contribution < -0.4 is 0 Å². The fourth-order valence-corrected chi connectivity index (χ4v) is 9.22. The van der Waals surface area contributed by atoms with Crippen molar-refractivity contribution in [2.45, 2.75) is 0 Å². The van der Waals surface area contributed by atoms with Gasteiger partial charge in [-0.3, -0.25) is 0 Å². The van der Waals surface area contributed by atoms with Gasteiger partial charge in [-0.15, -0.1) is 0 Å². The van der Waals surface area contributed by atoms with Gasteiger partial charge >= 0.3 is 0 Å². The molecule has 0 aliphatic rings. The summed E-state index contributed by atoms with van der Waals surface area (Å²) in [4.78, 5) is 0. The molecular weight excluding hydrogens is 577 g/mol. The zero-order valence-corrected chi connectivity index (χ0v) is 26.0. The Morgan fingerprint density at radius 3 is 0.979 bits per heavy atom. The molecule has 0 aromatic heterocycles. The second-order valence-corrected chi connectivity index (χ2v) is 13.6. The van der Waals surface area contributed by atoms with Gasteiger partial charge in [-0.05, 0) is 125 Å². The third-order valence-electron chi connectivity index (χ3n) is 11.3. The van der Waals surface area contributed by atoms with Crippen molar-refractivity contribution < 1.29 is 0 Å². The molecule has 0 spiro atoms. The van der Waals surface area contributed by atoms with E-state index in [2.05, 4.69) is 158 Å². The summed E-state index contributed by atoms with van der Waals surface area (Å²) >= 11 is 0. The molecule has 0 nitrogen and oxygen atoms in total. The van der Waals surface area contributed by atoms with Crippen molar-refractivity contribution >= 4 is 97.0 Å². The number of rotatable bonds is 2. The molecule has 0 amide bonds. The normalized spacial score (nSPS) is 12.6. The number of benzene rings is 12. The predicted octanol–water partition coefficient (Wildman–Crippen LogP) is 13.7. The van der Waals surface area contributed by atoms with Gasteiger partial charge < -0.3 is 0 Å². The van der Waals surface area contributed by atoms with E-state index in [0.29, 0.717) is 0 Å². The minimum absolute atomic E-state index is 1.29. The van der Waals surface area contributed by atoms with Crippen LogP contribution >= 0.6 is 0 Å². The van der Waals surface area contributed by atoms with E-state index in [0.717, 1.165) is 0 Å². The maximum Gasteiger partial charge on any atom is -0.00201 e. The molecule has 0 bridgehead atoms. The zero-order valence-electron chi connectivity index (χ0n) is 26.0. The van der Waals surface area contributed by atoms with Crippen LogP contribution in [-0.2, 0) is 0 Å². The molecule has 12 aromatic rings. The molecule has 0 heterocycles. The summed E-state index contributed by atoms with van der Waals surface area (Å²) < 4.78 is 0. The molecule has 0 saturated heterocycles. The molecule has 0 radical (unpaired) electrons. The lowest BCUT2D eigenvalue weighted by Crippen LogP contribution is -1.93. The molecule has 0 heteroatoms. The lowest BCUT2D eigenvalue weighted by molar-refractivity contribution is 1.70. The van der Waals surface area contributed by atoms with Gasteiger partial charge in [0.15, 0.2) is 0 Å². The first kappa shape index (κ1) is 24.9. The first-order chi connectivity index (χ1) is 23.8. The van der Waals surface area contributed by atoms with Crippen LogP contribution in [0.15, 0.2) is 158 Å². The van der Waals surface area contributed by atoms with Crippen molar-refractivity contribution in [3.63, 3.8) is 0 Å². The maximum atomic E-state index is 2.50. The van der Waals surface area contributed by atoms with Crippen LogP contribution in [0.5, 0.6) is 0 Å². The van der Waals surface area contributed by atoms with Crippen LogP contribution in [0.25, 0.3) is 119 Å². The Morgan fingerprint density at radius 1 is 0.188 bits per heavy atom. The van der Waals surface area contributed by atoms with Gasteiger partial charge in [-0.1, -0.05) is 152 Å². The summed E-state index contributed by atoms with van der Waals surface area (Å²) in [6, 6.07) is 59.7. The van der Waals surface area contributed by atoms with Crippen LogP contribution in [0.4, 0.5) is 0 Å². The highest BCUT2D eigenvalue weighted by Crippen LogP contribution is 2.48. The molecule has 0 fully saturated rings. The molecule has 218 valence electrons. The Balaban J connectivity index is 1.24. The van der Waals surface area contributed by atoms with Crippen LogP contribution in [-0.4, -0.2) is 0 Å². The van der Waals surface area contributed by atoms with Crippen molar-refractivity contribution in [1.82, 2.24) is 0 Å². The van der Waals surface area contributed by atoms with Crippen molar-refractivity contribution in [3.8, 4) is 22.3 Å². The highest BCUT2D eigenvalue weighted by molar-refractivity contribution is 6.33. The van der Waals surface area contributed by atoms with Crippen LogP contribution in [0, 0.1) is 0 Å². The van der Waals surface area contributed by atoms with Gasteiger partial charge in [-0.2, -0.15) is 0 Å². The van der Waals surface area contributed by atoms with Crippen molar-refractivity contribution in [2.75, 3.05) is 0 Å². The zero-order chi connectivity index (χ0) is 31.1. The molecule has 0 N–H and O–H groups in total. The van der Waals surface area contributed by atoms with Crippen molar-refractivity contribution in [1.29, 1.82) is 0 Å². The van der Waals surface area contributed by atoms with Gasteiger partial charge in [0.1, 0.15) is 0 Å². The van der Waals surface area contributed by atoms with Gasteiger partial charge in [-0.25, -0.2) is 0 Å². The van der Waals surface area contributed by atoms with E-state index >= 15 is 0 Å². The molecule has 0 aliphatic heterocycles. The van der Waals surface area contributed by atoms with E-state index in [-0.39, 0.29) is 0 Å². The standard InChI is InChI=1S/C48H26/c1-4-27-10-13-32-16-21-35(39-24-19-29(6-1)43(27)45(32)39)36-22-17-34-15-12-31-8-3-9-38-41(26-42(36)48(34)47(31)38)37-23-18-33-14-11-28-5-2-7-30-20-25-40(37)46(33)44(28)30/h1-26H. The minimum atomic E-state index is 1.29. The molecule has 0 unspecified atom stereocenters. The minimum Gasteiger partial charge on any atom is -0.0610 e. The molecule has 48 heavy (non-hydrogen) atoms. The second-order valence-electron chi connectivity index (χ2n) is 13.6. The van der Waals surface area contributed by atoms with E-state index in [1.54, 1.807) is 0 Å². The Labute approximate surface area is 276 Å². The monoisotopic (exact) mass is 602 g/mol. The average molecular weight is 603 g/mol. The maximum absolute atomic E-state index is 2.50. The van der Waals surface area contributed by atoms with Gasteiger partial charge in [0.25, 0.3) is 0 Å². The van der Waals surface area contributed by atoms with Crippen molar-refractivity contribution in [3.05, 3.63) is 158 Å². The summed E-state index contributed by atoms with van der Waals surface area (Å²) in [6.07, 6.45) is 0. The Morgan fingerprint density at radius 2 is 0.479 bits per heavy atom. The fourth-order valence-electron chi connectivity index (χ4n) is 9.22. The summed E-state index contributed by atoms with van der Waals surface area (Å²) in [5, 5.41) is 23.8. The Bertz CT molecular complexity index is 3220. The fraction of sp³-hybridized carbons (Fsp3) is 0. The topological polar surface area (TPSA) is 0 Å². The lowest BCUT2D eigenvalue weighted by Gasteiger charge is -2.20. The van der Waals surface area contributed by atoms with Crippen LogP contribution in [0.1, 0.15) is 0 Å². The largest absolute Gasteiger partial charge is 0.0610 e. The van der Waals surface area contributed by atoms with E-state index in [1.165, 1.54) is 119 Å². The quantitative estimate of drug-likeness (QED) is 0.173. The van der Waals surface area contributed by atoms with E-state index in [4.69, 9.17) is 0 Å². The first-order valence-electron chi connectivity index (χ1n) is 16.8. The average Bonchev–Trinajstić information content (AvgIpc) is 3.15. The van der Waals surface area contributed by atoms with E-state index in [1.807, 2.05) is 0 Å². The van der Waals surface area contributed by atoms with Crippen LogP contribution in [0.3, 0.4) is 0 Å². The second kappa shape index (κ2) is 8.76. The smallest absolute Gasteiger partial charge is 0.00201 e.